The van der Waals surface area contributed by atoms with Crippen molar-refractivity contribution in [3.8, 4) is 0 Å². The molecular weight excluding hydrogens is 283 g/mol. The van der Waals surface area contributed by atoms with Crippen LogP contribution in [-0.2, 0) is 6.54 Å². The van der Waals surface area contributed by atoms with Crippen LogP contribution in [0.3, 0.4) is 0 Å². The summed E-state index contributed by atoms with van der Waals surface area (Å²) in [7, 11) is 0. The fourth-order valence-electron chi connectivity index (χ4n) is 2.01. The Morgan fingerprint density at radius 2 is 1.91 bits per heavy atom. The van der Waals surface area contributed by atoms with Crippen LogP contribution in [0.4, 0.5) is 21.7 Å². The van der Waals surface area contributed by atoms with Crippen LogP contribution in [0.5, 0.6) is 0 Å². The highest BCUT2D eigenvalue weighted by molar-refractivity contribution is 5.59. The van der Waals surface area contributed by atoms with Crippen molar-refractivity contribution in [1.29, 1.82) is 0 Å². The molecule has 0 saturated heterocycles. The summed E-state index contributed by atoms with van der Waals surface area (Å²) in [4.78, 5) is 8.56. The molecule has 0 aliphatic carbocycles. The van der Waals surface area contributed by atoms with E-state index in [1.54, 1.807) is 37.5 Å². The topological polar surface area (TPSA) is 63.0 Å². The number of para-hydroxylation sites is 1. The molecule has 0 saturated carbocycles. The van der Waals surface area contributed by atoms with Gasteiger partial charge in [-0.15, -0.1) is 0 Å². The van der Waals surface area contributed by atoms with Gasteiger partial charge in [0.1, 0.15) is 29.0 Å². The Kier molecular flexibility index (Phi) is 4.00. The number of hydrogen-bond donors (Lipinski definition) is 2. The summed E-state index contributed by atoms with van der Waals surface area (Å²) in [6.07, 6.45) is 1.62. The van der Waals surface area contributed by atoms with E-state index in [9.17, 15) is 4.39 Å². The Balaban J connectivity index is 1.76. The Labute approximate surface area is 127 Å². The SMILES string of the molecule is Cc1nc(NCc2ccco2)cc(Nc2ccccc2F)n1. The van der Waals surface area contributed by atoms with E-state index in [0.29, 0.717) is 29.7 Å². The highest BCUT2D eigenvalue weighted by atomic mass is 19.1. The van der Waals surface area contributed by atoms with Gasteiger partial charge < -0.3 is 15.1 Å². The smallest absolute Gasteiger partial charge is 0.146 e. The molecule has 2 N–H and O–H groups in total. The van der Waals surface area contributed by atoms with Crippen molar-refractivity contribution in [3.05, 3.63) is 66.1 Å². The zero-order chi connectivity index (χ0) is 15.4. The molecule has 0 aliphatic rings. The fraction of sp³-hybridized carbons (Fsp3) is 0.125. The molecule has 112 valence electrons. The van der Waals surface area contributed by atoms with Gasteiger partial charge in [0.2, 0.25) is 0 Å². The molecule has 0 atom stereocenters. The molecule has 2 aromatic heterocycles. The molecule has 6 heteroatoms. The molecule has 0 unspecified atom stereocenters. The lowest BCUT2D eigenvalue weighted by atomic mass is 10.3. The summed E-state index contributed by atoms with van der Waals surface area (Å²) in [6, 6.07) is 11.9. The molecule has 5 nitrogen and oxygen atoms in total. The molecule has 0 aliphatic heterocycles. The first-order chi connectivity index (χ1) is 10.7. The van der Waals surface area contributed by atoms with E-state index in [0.717, 1.165) is 5.76 Å². The number of hydrogen-bond acceptors (Lipinski definition) is 5. The molecule has 3 rings (SSSR count). The molecule has 3 aromatic rings. The van der Waals surface area contributed by atoms with Gasteiger partial charge in [-0.2, -0.15) is 0 Å². The van der Waals surface area contributed by atoms with E-state index in [4.69, 9.17) is 4.42 Å². The second kappa shape index (κ2) is 6.26. The van der Waals surface area contributed by atoms with Gasteiger partial charge in [0.25, 0.3) is 0 Å². The van der Waals surface area contributed by atoms with Crippen LogP contribution >= 0.6 is 0 Å². The van der Waals surface area contributed by atoms with Crippen molar-refractivity contribution in [2.24, 2.45) is 0 Å². The van der Waals surface area contributed by atoms with Gasteiger partial charge in [0.05, 0.1) is 18.5 Å². The molecule has 0 spiro atoms. The van der Waals surface area contributed by atoms with Crippen LogP contribution in [0.25, 0.3) is 0 Å². The normalized spacial score (nSPS) is 10.5. The Morgan fingerprint density at radius 3 is 2.68 bits per heavy atom. The third kappa shape index (κ3) is 3.41. The van der Waals surface area contributed by atoms with Crippen LogP contribution in [0.15, 0.2) is 53.1 Å². The fourth-order valence-corrected chi connectivity index (χ4v) is 2.01. The quantitative estimate of drug-likeness (QED) is 0.748. The summed E-state index contributed by atoms with van der Waals surface area (Å²) >= 11 is 0. The van der Waals surface area contributed by atoms with Crippen LogP contribution in [0.1, 0.15) is 11.6 Å². The Hall–Kier alpha value is -2.89. The lowest BCUT2D eigenvalue weighted by Crippen LogP contribution is -2.05. The minimum Gasteiger partial charge on any atom is -0.467 e. The zero-order valence-corrected chi connectivity index (χ0v) is 12.0. The predicted octanol–water partition coefficient (Wildman–Crippen LogP) is 3.87. The first-order valence-corrected chi connectivity index (χ1v) is 6.84. The van der Waals surface area contributed by atoms with E-state index in [2.05, 4.69) is 20.6 Å². The number of nitrogens with one attached hydrogen (secondary N) is 2. The maximum atomic E-state index is 13.7. The van der Waals surface area contributed by atoms with Gasteiger partial charge in [0.15, 0.2) is 0 Å². The van der Waals surface area contributed by atoms with Gasteiger partial charge in [-0.05, 0) is 31.2 Å². The molecular formula is C16H15FN4O. The second-order valence-electron chi connectivity index (χ2n) is 4.72. The number of halogens is 1. The Morgan fingerprint density at radius 1 is 1.09 bits per heavy atom. The maximum Gasteiger partial charge on any atom is 0.146 e. The number of rotatable bonds is 5. The van der Waals surface area contributed by atoms with E-state index in [1.165, 1.54) is 6.07 Å². The van der Waals surface area contributed by atoms with Gasteiger partial charge in [-0.3, -0.25) is 0 Å². The van der Waals surface area contributed by atoms with Crippen molar-refractivity contribution in [2.75, 3.05) is 10.6 Å². The average Bonchev–Trinajstić information content (AvgIpc) is 3.00. The summed E-state index contributed by atoms with van der Waals surface area (Å²) in [6.45, 7) is 2.30. The molecule has 0 fully saturated rings. The summed E-state index contributed by atoms with van der Waals surface area (Å²) in [5.41, 5.74) is 0.373. The first kappa shape index (κ1) is 14.1. The molecule has 0 radical (unpaired) electrons. The van der Waals surface area contributed by atoms with Crippen molar-refractivity contribution in [2.45, 2.75) is 13.5 Å². The van der Waals surface area contributed by atoms with Crippen LogP contribution in [0.2, 0.25) is 0 Å². The predicted molar refractivity (Wildman–Crippen MR) is 82.5 cm³/mol. The first-order valence-electron chi connectivity index (χ1n) is 6.84. The minimum atomic E-state index is -0.330. The number of aryl methyl sites for hydroxylation is 1. The van der Waals surface area contributed by atoms with Crippen LogP contribution in [0, 0.1) is 12.7 Å². The van der Waals surface area contributed by atoms with Gasteiger partial charge >= 0.3 is 0 Å². The molecule has 0 bridgehead atoms. The van der Waals surface area contributed by atoms with E-state index >= 15 is 0 Å². The minimum absolute atomic E-state index is 0.330. The monoisotopic (exact) mass is 298 g/mol. The van der Waals surface area contributed by atoms with Crippen molar-refractivity contribution in [1.82, 2.24) is 9.97 Å². The standard InChI is InChI=1S/C16H15FN4O/c1-11-19-15(18-10-12-5-4-8-22-12)9-16(20-11)21-14-7-3-2-6-13(14)17/h2-9H,10H2,1H3,(H2,18,19,20,21). The summed E-state index contributed by atoms with van der Waals surface area (Å²) in [5.74, 6) is 2.23. The number of benzene rings is 1. The van der Waals surface area contributed by atoms with Crippen molar-refractivity contribution in [3.63, 3.8) is 0 Å². The molecule has 2 heterocycles. The molecule has 22 heavy (non-hydrogen) atoms. The molecule has 1 aromatic carbocycles. The number of furan rings is 1. The summed E-state index contributed by atoms with van der Waals surface area (Å²) < 4.78 is 18.9. The number of nitrogens with zero attached hydrogens (tertiary/aromatic N) is 2. The van der Waals surface area contributed by atoms with Crippen LogP contribution in [-0.4, -0.2) is 9.97 Å². The highest BCUT2D eigenvalue weighted by Gasteiger charge is 2.06. The number of anilines is 3. The molecule has 0 amide bonds. The van der Waals surface area contributed by atoms with Crippen molar-refractivity contribution < 1.29 is 8.81 Å². The van der Waals surface area contributed by atoms with Gasteiger partial charge in [-0.25, -0.2) is 14.4 Å². The zero-order valence-electron chi connectivity index (χ0n) is 12.0. The van der Waals surface area contributed by atoms with Crippen LogP contribution < -0.4 is 10.6 Å². The van der Waals surface area contributed by atoms with Gasteiger partial charge in [0, 0.05) is 6.07 Å². The highest BCUT2D eigenvalue weighted by Crippen LogP contribution is 2.20. The maximum absolute atomic E-state index is 13.7. The van der Waals surface area contributed by atoms with Crippen molar-refractivity contribution >= 4 is 17.3 Å². The van der Waals surface area contributed by atoms with E-state index < -0.39 is 0 Å². The summed E-state index contributed by atoms with van der Waals surface area (Å²) in [5, 5.41) is 6.11. The third-order valence-electron chi connectivity index (χ3n) is 3.00. The number of aromatic nitrogens is 2. The largest absolute Gasteiger partial charge is 0.467 e. The lowest BCUT2D eigenvalue weighted by molar-refractivity contribution is 0.518. The Bertz CT molecular complexity index is 759. The average molecular weight is 298 g/mol. The third-order valence-corrected chi connectivity index (χ3v) is 3.00. The van der Waals surface area contributed by atoms with E-state index in [-0.39, 0.29) is 5.82 Å². The van der Waals surface area contributed by atoms with Gasteiger partial charge in [-0.1, -0.05) is 12.1 Å². The second-order valence-corrected chi connectivity index (χ2v) is 4.72. The lowest BCUT2D eigenvalue weighted by Gasteiger charge is -2.10. The van der Waals surface area contributed by atoms with E-state index in [1.807, 2.05) is 12.1 Å².